The Bertz CT molecular complexity index is 1420. The summed E-state index contributed by atoms with van der Waals surface area (Å²) in [5.74, 6) is 0.266. The smallest absolute Gasteiger partial charge is 0.311 e. The maximum absolute atomic E-state index is 13.3. The molecule has 0 N–H and O–H groups in total. The van der Waals surface area contributed by atoms with E-state index in [4.69, 9.17) is 4.74 Å². The Labute approximate surface area is 285 Å². The van der Waals surface area contributed by atoms with Crippen LogP contribution in [0.4, 0.5) is 0 Å². The van der Waals surface area contributed by atoms with Crippen molar-refractivity contribution in [1.82, 2.24) is 0 Å². The summed E-state index contributed by atoms with van der Waals surface area (Å²) in [7, 11) is 0. The first-order chi connectivity index (χ1) is 21.7. The van der Waals surface area contributed by atoms with Gasteiger partial charge in [-0.1, -0.05) is 106 Å². The average Bonchev–Trinajstić information content (AvgIpc) is 2.98. The molecule has 0 aromatic heterocycles. The molecule has 0 radical (unpaired) electrons. The van der Waals surface area contributed by atoms with Crippen LogP contribution in [0.15, 0.2) is 53.6 Å². The molecule has 1 aromatic rings. The van der Waals surface area contributed by atoms with E-state index in [0.717, 1.165) is 56.9 Å². The van der Waals surface area contributed by atoms with Crippen LogP contribution in [0.2, 0.25) is 0 Å². The Morgan fingerprint density at radius 1 is 0.957 bits per heavy atom. The molecule has 4 atom stereocenters. The molecule has 0 saturated heterocycles. The summed E-state index contributed by atoms with van der Waals surface area (Å²) in [6, 6.07) is 11.5. The molecule has 0 spiro atoms. The Balaban J connectivity index is 1.94. The number of ketones is 2. The van der Waals surface area contributed by atoms with Gasteiger partial charge in [-0.25, -0.2) is 0 Å². The number of fused-ring (bicyclic) bond motifs is 1. The van der Waals surface area contributed by atoms with Crippen molar-refractivity contribution in [3.05, 3.63) is 53.6 Å². The number of ether oxygens (including phenoxy) is 1. The molecule has 258 valence electrons. The normalized spacial score (nSPS) is 26.5. The summed E-state index contributed by atoms with van der Waals surface area (Å²) in [5, 5.41) is 9.99. The van der Waals surface area contributed by atoms with E-state index in [0.29, 0.717) is 12.2 Å². The number of hydrogen-bond donors (Lipinski definition) is 0. The van der Waals surface area contributed by atoms with Gasteiger partial charge >= 0.3 is 5.97 Å². The second-order valence-electron chi connectivity index (χ2n) is 17.5. The van der Waals surface area contributed by atoms with Crippen LogP contribution < -0.4 is 4.74 Å². The van der Waals surface area contributed by atoms with Crippen molar-refractivity contribution in [2.45, 2.75) is 140 Å². The fraction of sp³-hybridized carbons (Fsp3) is 0.667. The number of rotatable bonds is 14. The predicted molar refractivity (Wildman–Crippen MR) is 191 cm³/mol. The fourth-order valence-corrected chi connectivity index (χ4v) is 8.90. The molecule has 0 unspecified atom stereocenters. The van der Waals surface area contributed by atoms with Crippen LogP contribution in [0.3, 0.4) is 0 Å². The zero-order valence-electron chi connectivity index (χ0n) is 31.3. The Morgan fingerprint density at radius 2 is 1.57 bits per heavy atom. The highest BCUT2D eigenvalue weighted by molar-refractivity contribution is 6.04. The van der Waals surface area contributed by atoms with Crippen LogP contribution in [0.5, 0.6) is 5.75 Å². The van der Waals surface area contributed by atoms with Crippen molar-refractivity contribution < 1.29 is 19.1 Å². The van der Waals surface area contributed by atoms with Gasteiger partial charge in [0, 0.05) is 17.3 Å². The molecule has 0 aliphatic heterocycles. The van der Waals surface area contributed by atoms with Gasteiger partial charge < -0.3 is 4.74 Å². The van der Waals surface area contributed by atoms with E-state index in [-0.39, 0.29) is 50.7 Å². The third kappa shape index (κ3) is 8.36. The van der Waals surface area contributed by atoms with Gasteiger partial charge in [0.05, 0.1) is 5.57 Å². The molecule has 1 fully saturated rings. The lowest BCUT2D eigenvalue weighted by Crippen LogP contribution is -2.55. The first-order valence-electron chi connectivity index (χ1n) is 17.8. The van der Waals surface area contributed by atoms with Crippen molar-refractivity contribution in [2.75, 3.05) is 0 Å². The number of allylic oxidation sites excluding steroid dienone is 4. The van der Waals surface area contributed by atoms with Crippen molar-refractivity contribution in [1.29, 1.82) is 5.26 Å². The molecule has 5 nitrogen and oxygen atoms in total. The largest absolute Gasteiger partial charge is 0.427 e. The molecule has 0 amide bonds. The maximum atomic E-state index is 13.3. The summed E-state index contributed by atoms with van der Waals surface area (Å²) in [6.07, 6.45) is 12.8. The van der Waals surface area contributed by atoms with Gasteiger partial charge in [-0.2, -0.15) is 5.26 Å². The van der Waals surface area contributed by atoms with Gasteiger partial charge in [0.25, 0.3) is 0 Å². The molecule has 5 heteroatoms. The van der Waals surface area contributed by atoms with E-state index in [1.54, 1.807) is 6.92 Å². The van der Waals surface area contributed by atoms with Gasteiger partial charge in [-0.05, 0) is 104 Å². The van der Waals surface area contributed by atoms with Crippen LogP contribution in [0, 0.1) is 49.7 Å². The lowest BCUT2D eigenvalue weighted by Gasteiger charge is -2.61. The van der Waals surface area contributed by atoms with Gasteiger partial charge in [0.15, 0.2) is 11.6 Å². The van der Waals surface area contributed by atoms with E-state index >= 15 is 0 Å². The minimum atomic E-state index is -0.700. The lowest BCUT2D eigenvalue weighted by molar-refractivity contribution is -0.135. The molecule has 47 heavy (non-hydrogen) atoms. The predicted octanol–water partition coefficient (Wildman–Crippen LogP) is 10.8. The Kier molecular flexibility index (Phi) is 11.6. The van der Waals surface area contributed by atoms with Crippen LogP contribution >= 0.6 is 0 Å². The molecular weight excluding hydrogens is 582 g/mol. The van der Waals surface area contributed by atoms with Gasteiger partial charge in [0.1, 0.15) is 11.8 Å². The summed E-state index contributed by atoms with van der Waals surface area (Å²) in [4.78, 5) is 39.2. The first kappa shape index (κ1) is 38.4. The van der Waals surface area contributed by atoms with Crippen LogP contribution in [0.25, 0.3) is 0 Å². The maximum Gasteiger partial charge on any atom is 0.311 e. The number of hydrogen-bond acceptors (Lipinski definition) is 5. The van der Waals surface area contributed by atoms with E-state index in [1.807, 2.05) is 56.3 Å². The number of para-hydroxylation sites is 1. The van der Waals surface area contributed by atoms with E-state index in [2.05, 4.69) is 61.5 Å². The number of benzene rings is 1. The summed E-state index contributed by atoms with van der Waals surface area (Å²) < 4.78 is 5.67. The van der Waals surface area contributed by atoms with Crippen molar-refractivity contribution in [2.24, 2.45) is 38.4 Å². The summed E-state index contributed by atoms with van der Waals surface area (Å²) in [5.41, 5.74) is -0.443. The fourth-order valence-electron chi connectivity index (χ4n) is 8.90. The highest BCUT2D eigenvalue weighted by Crippen LogP contribution is 2.67. The van der Waals surface area contributed by atoms with E-state index in [9.17, 15) is 19.6 Å². The minimum absolute atomic E-state index is 0.00392. The van der Waals surface area contributed by atoms with Crippen LogP contribution in [-0.4, -0.2) is 17.5 Å². The zero-order chi connectivity index (χ0) is 35.5. The number of esters is 1. The zero-order valence-corrected chi connectivity index (χ0v) is 31.3. The highest BCUT2D eigenvalue weighted by Gasteiger charge is 2.61. The second kappa shape index (κ2) is 14.2. The highest BCUT2D eigenvalue weighted by atomic mass is 16.5. The van der Waals surface area contributed by atoms with Crippen molar-refractivity contribution in [3.63, 3.8) is 0 Å². The van der Waals surface area contributed by atoms with Crippen molar-refractivity contribution >= 4 is 17.5 Å². The standard InChI is InChI=1S/C42H61NO4/c1-12-20-37(3,4)23-25-40(9,21-19-35(45)47-32-16-14-13-15-17-32)26-24-38(5,6)42(11)22-18-33-39(7,8)36(46)31(29-43)28-41(33,10)34(42)27-30(2)44/h13-17,27-28,33H,12,18-26H2,1-11H3/b34-27-/t33-,40-,41-,42+/m0/s1. The second-order valence-corrected chi connectivity index (χ2v) is 17.5. The molecular formula is C42H61NO4. The van der Waals surface area contributed by atoms with Gasteiger partial charge in [-0.3, -0.25) is 14.4 Å². The molecule has 3 rings (SSSR count). The third-order valence-electron chi connectivity index (χ3n) is 12.5. The molecule has 0 heterocycles. The first-order valence-corrected chi connectivity index (χ1v) is 17.8. The molecule has 2 aliphatic carbocycles. The van der Waals surface area contributed by atoms with E-state index < -0.39 is 10.8 Å². The number of carbonyl (C=O) groups is 3. The minimum Gasteiger partial charge on any atom is -0.427 e. The lowest BCUT2D eigenvalue weighted by atomic mass is 9.42. The number of carbonyl (C=O) groups excluding carboxylic acids is 3. The topological polar surface area (TPSA) is 84.2 Å². The van der Waals surface area contributed by atoms with Gasteiger partial charge in [-0.15, -0.1) is 0 Å². The monoisotopic (exact) mass is 643 g/mol. The quantitative estimate of drug-likeness (QED) is 0.114. The molecule has 1 aromatic carbocycles. The average molecular weight is 644 g/mol. The molecule has 0 bridgehead atoms. The van der Waals surface area contributed by atoms with E-state index in [1.165, 1.54) is 6.42 Å². The summed E-state index contributed by atoms with van der Waals surface area (Å²) in [6.45, 7) is 23.9. The van der Waals surface area contributed by atoms with Crippen LogP contribution in [-0.2, 0) is 14.4 Å². The molecule has 2 aliphatic rings. The number of Topliss-reactive ketones (excluding diaryl/α,β-unsaturated/α-hetero) is 1. The van der Waals surface area contributed by atoms with Gasteiger partial charge in [0.2, 0.25) is 0 Å². The third-order valence-corrected chi connectivity index (χ3v) is 12.5. The number of nitriles is 1. The summed E-state index contributed by atoms with van der Waals surface area (Å²) >= 11 is 0. The Hall–Kier alpha value is -3.00. The van der Waals surface area contributed by atoms with Crippen molar-refractivity contribution in [3.8, 4) is 11.8 Å². The SMILES string of the molecule is CCCC(C)(C)CC[C@](C)(CCC(=O)Oc1ccccc1)CCC(C)(C)[C@]1(C)CC[C@H]2C(C)(C)C(=O)C(C#N)=C[C@]2(C)/C1=C/C(C)=O. The van der Waals surface area contributed by atoms with Crippen LogP contribution in [0.1, 0.15) is 140 Å². The number of nitrogens with zero attached hydrogens (tertiary/aromatic N) is 1. The Morgan fingerprint density at radius 3 is 2.15 bits per heavy atom. The molecule has 1 saturated carbocycles.